The molecule has 4 nitrogen and oxygen atoms in total. The average molecular weight is 406 g/mol. The molecule has 6 heteroatoms. The number of nitrogens with one attached hydrogen (secondary N) is 1. The van der Waals surface area contributed by atoms with Crippen LogP contribution < -0.4 is 5.32 Å². The maximum Gasteiger partial charge on any atom is 0.256 e. The van der Waals surface area contributed by atoms with E-state index in [9.17, 15) is 9.18 Å². The molecule has 29 heavy (non-hydrogen) atoms. The largest absolute Gasteiger partial charge is 0.319 e. The summed E-state index contributed by atoms with van der Waals surface area (Å²) in [5.74, 6) is -0.939. The van der Waals surface area contributed by atoms with E-state index in [1.165, 1.54) is 18.2 Å². The van der Waals surface area contributed by atoms with E-state index in [2.05, 4.69) is 10.4 Å². The van der Waals surface area contributed by atoms with Crippen LogP contribution in [-0.2, 0) is 6.54 Å². The highest BCUT2D eigenvalue weighted by atomic mass is 35.5. The number of nitrogens with zero attached hydrogens (tertiary/aromatic N) is 2. The number of aromatic nitrogens is 2. The number of halogens is 2. The molecule has 0 aliphatic carbocycles. The molecule has 4 aromatic rings. The predicted molar refractivity (Wildman–Crippen MR) is 113 cm³/mol. The van der Waals surface area contributed by atoms with Gasteiger partial charge in [0.1, 0.15) is 5.82 Å². The molecule has 0 saturated heterocycles. The van der Waals surface area contributed by atoms with Gasteiger partial charge in [0.15, 0.2) is 0 Å². The lowest BCUT2D eigenvalue weighted by Crippen LogP contribution is -2.14. The van der Waals surface area contributed by atoms with Gasteiger partial charge in [-0.15, -0.1) is 0 Å². The third kappa shape index (κ3) is 4.36. The fourth-order valence-electron chi connectivity index (χ4n) is 3.09. The molecule has 0 aliphatic heterocycles. The standard InChI is InChI=1S/C23H17ClFN3O/c24-18-10-11-21(25)22(14-18)27-23(29)20-5-2-1-4-19(20)17-8-6-16(7-9-17)15-28-13-3-12-26-28/h1-14H,15H2,(H,27,29). The molecule has 0 spiro atoms. The number of carbonyl (C=O) groups excluding carboxylic acids is 1. The maximum absolute atomic E-state index is 14.0. The molecule has 1 amide bonds. The average Bonchev–Trinajstić information content (AvgIpc) is 3.24. The topological polar surface area (TPSA) is 46.9 Å². The maximum atomic E-state index is 14.0. The van der Waals surface area contributed by atoms with Crippen molar-refractivity contribution in [3.8, 4) is 11.1 Å². The van der Waals surface area contributed by atoms with Crippen molar-refractivity contribution >= 4 is 23.2 Å². The van der Waals surface area contributed by atoms with E-state index in [1.54, 1.807) is 18.3 Å². The molecule has 1 heterocycles. The number of amides is 1. The van der Waals surface area contributed by atoms with Crippen LogP contribution in [0.2, 0.25) is 5.02 Å². The van der Waals surface area contributed by atoms with Gasteiger partial charge in [-0.3, -0.25) is 9.48 Å². The van der Waals surface area contributed by atoms with Gasteiger partial charge < -0.3 is 5.32 Å². The van der Waals surface area contributed by atoms with Crippen LogP contribution in [0, 0.1) is 5.82 Å². The zero-order valence-corrected chi connectivity index (χ0v) is 16.1. The predicted octanol–water partition coefficient (Wildman–Crippen LogP) is 5.64. The van der Waals surface area contributed by atoms with E-state index < -0.39 is 11.7 Å². The second-order valence-electron chi connectivity index (χ2n) is 6.52. The van der Waals surface area contributed by atoms with Crippen molar-refractivity contribution in [2.45, 2.75) is 6.54 Å². The molecule has 144 valence electrons. The van der Waals surface area contributed by atoms with Gasteiger partial charge >= 0.3 is 0 Å². The highest BCUT2D eigenvalue weighted by Gasteiger charge is 2.14. The lowest BCUT2D eigenvalue weighted by Gasteiger charge is -2.12. The zero-order valence-electron chi connectivity index (χ0n) is 15.3. The zero-order chi connectivity index (χ0) is 20.2. The minimum atomic E-state index is -0.539. The van der Waals surface area contributed by atoms with Crippen molar-refractivity contribution in [3.63, 3.8) is 0 Å². The summed E-state index contributed by atoms with van der Waals surface area (Å²) in [4.78, 5) is 12.8. The Morgan fingerprint density at radius 1 is 1.03 bits per heavy atom. The fourth-order valence-corrected chi connectivity index (χ4v) is 3.26. The second-order valence-corrected chi connectivity index (χ2v) is 6.96. The van der Waals surface area contributed by atoms with Gasteiger partial charge in [0, 0.05) is 23.0 Å². The van der Waals surface area contributed by atoms with Crippen LogP contribution in [0.25, 0.3) is 11.1 Å². The Labute approximate surface area is 172 Å². The summed E-state index contributed by atoms with van der Waals surface area (Å²) in [6.45, 7) is 0.670. The monoisotopic (exact) mass is 405 g/mol. The van der Waals surface area contributed by atoms with Crippen LogP contribution >= 0.6 is 11.6 Å². The van der Waals surface area contributed by atoms with Crippen LogP contribution in [0.5, 0.6) is 0 Å². The smallest absolute Gasteiger partial charge is 0.256 e. The van der Waals surface area contributed by atoms with Crippen LogP contribution in [0.4, 0.5) is 10.1 Å². The third-order valence-corrected chi connectivity index (χ3v) is 4.75. The van der Waals surface area contributed by atoms with Crippen molar-refractivity contribution in [1.82, 2.24) is 9.78 Å². The van der Waals surface area contributed by atoms with Crippen LogP contribution in [0.3, 0.4) is 0 Å². The summed E-state index contributed by atoms with van der Waals surface area (Å²) in [6.07, 6.45) is 3.65. The molecule has 0 aliphatic rings. The molecule has 0 fully saturated rings. The van der Waals surface area contributed by atoms with Crippen molar-refractivity contribution in [2.24, 2.45) is 0 Å². The van der Waals surface area contributed by atoms with E-state index >= 15 is 0 Å². The molecule has 0 saturated carbocycles. The van der Waals surface area contributed by atoms with E-state index in [-0.39, 0.29) is 5.69 Å². The molecular formula is C23H17ClFN3O. The number of benzene rings is 3. The minimum Gasteiger partial charge on any atom is -0.319 e. The third-order valence-electron chi connectivity index (χ3n) is 4.52. The molecule has 0 unspecified atom stereocenters. The molecule has 0 radical (unpaired) electrons. The highest BCUT2D eigenvalue weighted by molar-refractivity contribution is 6.31. The number of carbonyl (C=O) groups is 1. The summed E-state index contributed by atoms with van der Waals surface area (Å²) < 4.78 is 15.8. The first-order valence-corrected chi connectivity index (χ1v) is 9.40. The van der Waals surface area contributed by atoms with Crippen molar-refractivity contribution < 1.29 is 9.18 Å². The van der Waals surface area contributed by atoms with Gasteiger partial charge in [-0.05, 0) is 47.0 Å². The molecule has 4 rings (SSSR count). The Kier molecular flexibility index (Phi) is 5.40. The second kappa shape index (κ2) is 8.29. The molecule has 0 atom stereocenters. The van der Waals surface area contributed by atoms with E-state index in [4.69, 9.17) is 11.6 Å². The van der Waals surface area contributed by atoms with Crippen LogP contribution in [-0.4, -0.2) is 15.7 Å². The normalized spacial score (nSPS) is 10.7. The minimum absolute atomic E-state index is 0.0480. The first kappa shape index (κ1) is 18.9. The molecule has 3 aromatic carbocycles. The van der Waals surface area contributed by atoms with Gasteiger partial charge in [-0.25, -0.2) is 4.39 Å². The first-order chi connectivity index (χ1) is 14.1. The summed E-state index contributed by atoms with van der Waals surface area (Å²) in [6, 6.07) is 21.1. The Morgan fingerprint density at radius 2 is 1.83 bits per heavy atom. The Bertz CT molecular complexity index is 1140. The summed E-state index contributed by atoms with van der Waals surface area (Å²) in [5, 5.41) is 7.16. The highest BCUT2D eigenvalue weighted by Crippen LogP contribution is 2.26. The fraction of sp³-hybridized carbons (Fsp3) is 0.0435. The Balaban J connectivity index is 1.59. The van der Waals surface area contributed by atoms with Gasteiger partial charge in [0.25, 0.3) is 5.91 Å². The van der Waals surface area contributed by atoms with Crippen LogP contribution in [0.1, 0.15) is 15.9 Å². The van der Waals surface area contributed by atoms with Crippen LogP contribution in [0.15, 0.2) is 85.2 Å². The van der Waals surface area contributed by atoms with Gasteiger partial charge in [0.2, 0.25) is 0 Å². The van der Waals surface area contributed by atoms with Crippen molar-refractivity contribution in [3.05, 3.63) is 107 Å². The summed E-state index contributed by atoms with van der Waals surface area (Å²) in [5.41, 5.74) is 3.25. The van der Waals surface area contributed by atoms with Gasteiger partial charge in [0.05, 0.1) is 12.2 Å². The lowest BCUT2D eigenvalue weighted by atomic mass is 9.98. The van der Waals surface area contributed by atoms with E-state index in [0.29, 0.717) is 17.1 Å². The first-order valence-electron chi connectivity index (χ1n) is 9.02. The number of hydrogen-bond acceptors (Lipinski definition) is 2. The SMILES string of the molecule is O=C(Nc1cc(Cl)ccc1F)c1ccccc1-c1ccc(Cn2cccn2)cc1. The molecule has 1 aromatic heterocycles. The number of anilines is 1. The van der Waals surface area contributed by atoms with E-state index in [1.807, 2.05) is 53.3 Å². The molecular weight excluding hydrogens is 389 g/mol. The summed E-state index contributed by atoms with van der Waals surface area (Å²) >= 11 is 5.91. The van der Waals surface area contributed by atoms with Gasteiger partial charge in [-0.2, -0.15) is 5.10 Å². The lowest BCUT2D eigenvalue weighted by molar-refractivity contribution is 0.102. The molecule has 1 N–H and O–H groups in total. The van der Waals surface area contributed by atoms with Crippen molar-refractivity contribution in [2.75, 3.05) is 5.32 Å². The number of rotatable bonds is 5. The van der Waals surface area contributed by atoms with E-state index in [0.717, 1.165) is 16.7 Å². The Hall–Kier alpha value is -3.44. The quantitative estimate of drug-likeness (QED) is 0.466. The number of hydrogen-bond donors (Lipinski definition) is 1. The van der Waals surface area contributed by atoms with Gasteiger partial charge in [-0.1, -0.05) is 54.1 Å². The van der Waals surface area contributed by atoms with Crippen molar-refractivity contribution in [1.29, 1.82) is 0 Å². The molecule has 0 bridgehead atoms. The Morgan fingerprint density at radius 3 is 2.59 bits per heavy atom. The summed E-state index contributed by atoms with van der Waals surface area (Å²) in [7, 11) is 0.